The molecule has 0 radical (unpaired) electrons. The number of amides is 2. The number of ether oxygens (including phenoxy) is 1. The van der Waals surface area contributed by atoms with E-state index in [4.69, 9.17) is 9.15 Å². The maximum absolute atomic E-state index is 13.5. The van der Waals surface area contributed by atoms with E-state index in [-0.39, 0.29) is 17.6 Å². The Labute approximate surface area is 232 Å². The third-order valence-electron chi connectivity index (χ3n) is 6.16. The molecule has 2 aromatic carbocycles. The lowest BCUT2D eigenvalue weighted by atomic mass is 9.85. The van der Waals surface area contributed by atoms with Crippen molar-refractivity contribution in [2.45, 2.75) is 33.6 Å². The highest BCUT2D eigenvalue weighted by molar-refractivity contribution is 8.03. The summed E-state index contributed by atoms with van der Waals surface area (Å²) in [6.45, 7) is 8.12. The molecule has 200 valence electrons. The predicted molar refractivity (Wildman–Crippen MR) is 153 cm³/mol. The zero-order chi connectivity index (χ0) is 27.9. The number of rotatable bonds is 9. The lowest BCUT2D eigenvalue weighted by Gasteiger charge is -2.28. The van der Waals surface area contributed by atoms with Gasteiger partial charge in [-0.1, -0.05) is 23.9 Å². The molecule has 39 heavy (non-hydrogen) atoms. The van der Waals surface area contributed by atoms with Crippen molar-refractivity contribution in [2.24, 2.45) is 0 Å². The molecule has 0 saturated heterocycles. The topological polar surface area (TPSA) is 116 Å². The Bertz CT molecular complexity index is 1470. The molecule has 1 aliphatic rings. The van der Waals surface area contributed by atoms with Gasteiger partial charge in [0.15, 0.2) is 0 Å². The van der Waals surface area contributed by atoms with E-state index in [9.17, 15) is 14.9 Å². The first-order chi connectivity index (χ1) is 18.8. The molecule has 1 aliphatic heterocycles. The number of hydrogen-bond donors (Lipinski definition) is 3. The lowest BCUT2D eigenvalue weighted by Crippen LogP contribution is -2.31. The number of aryl methyl sites for hydroxylation is 2. The molecule has 0 spiro atoms. The van der Waals surface area contributed by atoms with Gasteiger partial charge < -0.3 is 25.1 Å². The van der Waals surface area contributed by atoms with Crippen molar-refractivity contribution in [2.75, 3.05) is 23.0 Å². The summed E-state index contributed by atoms with van der Waals surface area (Å²) in [5.74, 6) is -0.0601. The molecule has 2 heterocycles. The average Bonchev–Trinajstić information content (AvgIpc) is 3.45. The van der Waals surface area contributed by atoms with Gasteiger partial charge in [-0.3, -0.25) is 9.59 Å². The highest BCUT2D eigenvalue weighted by atomic mass is 32.2. The summed E-state index contributed by atoms with van der Waals surface area (Å²) >= 11 is 1.21. The summed E-state index contributed by atoms with van der Waals surface area (Å²) in [7, 11) is 0. The largest absolute Gasteiger partial charge is 0.494 e. The van der Waals surface area contributed by atoms with Crippen molar-refractivity contribution >= 4 is 35.0 Å². The number of benzene rings is 2. The van der Waals surface area contributed by atoms with E-state index in [0.29, 0.717) is 45.7 Å². The lowest BCUT2D eigenvalue weighted by molar-refractivity contribution is -0.114. The normalized spacial score (nSPS) is 14.9. The van der Waals surface area contributed by atoms with Crippen LogP contribution in [0.5, 0.6) is 5.75 Å². The highest BCUT2D eigenvalue weighted by Crippen LogP contribution is 2.41. The quantitative estimate of drug-likeness (QED) is 0.304. The second-order valence-electron chi connectivity index (χ2n) is 9.03. The van der Waals surface area contributed by atoms with E-state index >= 15 is 0 Å². The van der Waals surface area contributed by atoms with Crippen molar-refractivity contribution < 1.29 is 18.7 Å². The molecule has 0 aliphatic carbocycles. The molecule has 1 atom stereocenters. The molecular weight excluding hydrogens is 512 g/mol. The minimum Gasteiger partial charge on any atom is -0.494 e. The number of hydrogen-bond acceptors (Lipinski definition) is 7. The number of dihydropyridines is 1. The van der Waals surface area contributed by atoms with Crippen LogP contribution >= 0.6 is 11.8 Å². The Morgan fingerprint density at radius 3 is 2.54 bits per heavy atom. The second-order valence-corrected chi connectivity index (χ2v) is 10.0. The SMILES string of the molecule is CCOc1ccc(NC(=O)C2=C(C)NC(SCC(=O)Nc3cc(C)ccc3C)=C(C#N)C2c2ccco2)cc1. The van der Waals surface area contributed by atoms with Crippen LogP contribution in [0.1, 0.15) is 36.7 Å². The molecule has 0 bridgehead atoms. The minimum absolute atomic E-state index is 0.0762. The average molecular weight is 543 g/mol. The highest BCUT2D eigenvalue weighted by Gasteiger charge is 2.36. The van der Waals surface area contributed by atoms with Crippen molar-refractivity contribution in [3.05, 3.63) is 99.6 Å². The monoisotopic (exact) mass is 542 g/mol. The summed E-state index contributed by atoms with van der Waals surface area (Å²) < 4.78 is 11.1. The number of carbonyl (C=O) groups excluding carboxylic acids is 2. The molecule has 1 unspecified atom stereocenters. The van der Waals surface area contributed by atoms with Crippen LogP contribution in [0.4, 0.5) is 11.4 Å². The number of carbonyl (C=O) groups is 2. The van der Waals surface area contributed by atoms with Crippen molar-refractivity contribution in [3.8, 4) is 11.8 Å². The number of thioether (sulfide) groups is 1. The van der Waals surface area contributed by atoms with Crippen molar-refractivity contribution in [3.63, 3.8) is 0 Å². The van der Waals surface area contributed by atoms with E-state index in [1.54, 1.807) is 43.3 Å². The number of nitrogens with zero attached hydrogens (tertiary/aromatic N) is 1. The molecule has 0 fully saturated rings. The molecule has 4 rings (SSSR count). The molecule has 3 N–H and O–H groups in total. The fourth-order valence-electron chi connectivity index (χ4n) is 4.26. The maximum atomic E-state index is 13.5. The van der Waals surface area contributed by atoms with Gasteiger partial charge in [-0.15, -0.1) is 0 Å². The fourth-order valence-corrected chi connectivity index (χ4v) is 5.15. The van der Waals surface area contributed by atoms with Gasteiger partial charge in [0, 0.05) is 17.1 Å². The summed E-state index contributed by atoms with van der Waals surface area (Å²) in [5, 5.41) is 19.7. The number of furan rings is 1. The first kappa shape index (κ1) is 27.6. The second kappa shape index (κ2) is 12.4. The molecule has 3 aromatic rings. The molecule has 0 saturated carbocycles. The van der Waals surface area contributed by atoms with Crippen LogP contribution < -0.4 is 20.7 Å². The fraction of sp³-hybridized carbons (Fsp3) is 0.233. The molecule has 2 amide bonds. The third kappa shape index (κ3) is 6.54. The first-order valence-corrected chi connectivity index (χ1v) is 13.5. The number of allylic oxidation sites excluding steroid dienone is 2. The van der Waals surface area contributed by atoms with Crippen LogP contribution in [0.2, 0.25) is 0 Å². The summed E-state index contributed by atoms with van der Waals surface area (Å²) in [6, 6.07) is 18.6. The van der Waals surface area contributed by atoms with Crippen LogP contribution in [-0.4, -0.2) is 24.2 Å². The van der Waals surface area contributed by atoms with Gasteiger partial charge in [-0.25, -0.2) is 0 Å². The number of nitrogens with one attached hydrogen (secondary N) is 3. The van der Waals surface area contributed by atoms with Crippen LogP contribution in [0.25, 0.3) is 0 Å². The smallest absolute Gasteiger partial charge is 0.254 e. The van der Waals surface area contributed by atoms with Gasteiger partial charge in [-0.2, -0.15) is 5.26 Å². The Kier molecular flexibility index (Phi) is 8.79. The molecule has 8 nitrogen and oxygen atoms in total. The predicted octanol–water partition coefficient (Wildman–Crippen LogP) is 6.00. The summed E-state index contributed by atoms with van der Waals surface area (Å²) in [6.07, 6.45) is 1.51. The first-order valence-electron chi connectivity index (χ1n) is 12.5. The van der Waals surface area contributed by atoms with Crippen LogP contribution in [0.15, 0.2) is 87.1 Å². The van der Waals surface area contributed by atoms with E-state index < -0.39 is 5.92 Å². The van der Waals surface area contributed by atoms with Gasteiger partial charge in [0.2, 0.25) is 5.91 Å². The maximum Gasteiger partial charge on any atom is 0.254 e. The zero-order valence-electron chi connectivity index (χ0n) is 22.3. The van der Waals surface area contributed by atoms with Crippen molar-refractivity contribution in [1.29, 1.82) is 5.26 Å². The third-order valence-corrected chi connectivity index (χ3v) is 7.17. The Morgan fingerprint density at radius 1 is 1.10 bits per heavy atom. The van der Waals surface area contributed by atoms with Crippen LogP contribution in [0, 0.1) is 25.2 Å². The molecular formula is C30H30N4O4S. The number of nitriles is 1. The van der Waals surface area contributed by atoms with Crippen LogP contribution in [0.3, 0.4) is 0 Å². The van der Waals surface area contributed by atoms with Gasteiger partial charge in [-0.05, 0) is 81.3 Å². The van der Waals surface area contributed by atoms with E-state index in [1.807, 2.05) is 39.0 Å². The van der Waals surface area contributed by atoms with E-state index in [2.05, 4.69) is 22.0 Å². The van der Waals surface area contributed by atoms with E-state index in [0.717, 1.165) is 16.8 Å². The van der Waals surface area contributed by atoms with Gasteiger partial charge in [0.1, 0.15) is 11.5 Å². The standard InChI is InChI=1S/C30H30N4O4S/c1-5-37-22-12-10-21(11-13-22)33-29(36)27-20(4)32-30(23(16-31)28(27)25-7-6-14-38-25)39-17-26(35)34-24-15-18(2)8-9-19(24)3/h6-15,28,32H,5,17H2,1-4H3,(H,33,36)(H,34,35). The molecule has 1 aromatic heterocycles. The Morgan fingerprint density at radius 2 is 1.87 bits per heavy atom. The minimum atomic E-state index is -0.737. The van der Waals surface area contributed by atoms with Crippen LogP contribution in [-0.2, 0) is 9.59 Å². The molecule has 9 heteroatoms. The van der Waals surface area contributed by atoms with Crippen molar-refractivity contribution in [1.82, 2.24) is 5.32 Å². The summed E-state index contributed by atoms with van der Waals surface area (Å²) in [4.78, 5) is 26.3. The van der Waals surface area contributed by atoms with Gasteiger partial charge >= 0.3 is 0 Å². The van der Waals surface area contributed by atoms with Gasteiger partial charge in [0.05, 0.1) is 46.8 Å². The zero-order valence-corrected chi connectivity index (χ0v) is 23.1. The summed E-state index contributed by atoms with van der Waals surface area (Å²) in [5.41, 5.74) is 4.58. The van der Waals surface area contributed by atoms with E-state index in [1.165, 1.54) is 18.0 Å². The Hall–Kier alpha value is -4.42. The van der Waals surface area contributed by atoms with Gasteiger partial charge in [0.25, 0.3) is 5.91 Å². The Balaban J connectivity index is 1.56. The number of anilines is 2.